The van der Waals surface area contributed by atoms with Gasteiger partial charge in [0.2, 0.25) is 0 Å². The highest BCUT2D eigenvalue weighted by Crippen LogP contribution is 2.45. The summed E-state index contributed by atoms with van der Waals surface area (Å²) in [6.07, 6.45) is 8.80. The highest BCUT2D eigenvalue weighted by Gasteiger charge is 2.22. The maximum atomic E-state index is 2.52. The number of fused-ring (bicyclic) bond motifs is 8. The van der Waals surface area contributed by atoms with Crippen molar-refractivity contribution in [1.82, 2.24) is 9.13 Å². The lowest BCUT2D eigenvalue weighted by Crippen LogP contribution is -2.04. The lowest BCUT2D eigenvalue weighted by atomic mass is 9.89. The Kier molecular flexibility index (Phi) is 12.4. The molecule has 0 fully saturated rings. The number of hydrogen-bond acceptors (Lipinski definition) is 0. The maximum Gasteiger partial charge on any atom is 0.0535 e. The number of rotatable bonds is 10. The van der Waals surface area contributed by atoms with Crippen LogP contribution in [0.5, 0.6) is 0 Å². The Labute approximate surface area is 512 Å². The summed E-state index contributed by atoms with van der Waals surface area (Å²) in [5, 5.41) is 14.8. The third-order valence-corrected chi connectivity index (χ3v) is 18.4. The summed E-state index contributed by atoms with van der Waals surface area (Å²) < 4.78 is 4.99. The maximum absolute atomic E-state index is 2.52. The van der Waals surface area contributed by atoms with Gasteiger partial charge in [-0.3, -0.25) is 0 Å². The minimum Gasteiger partial charge on any atom is -0.310 e. The SMILES string of the molecule is C1=CCCC(c2ccc(-c3ccccc3)n2-c2cc(-c3ccc(-c4cc5ccccc5c5ccccc45)cc3)c3cc4cc(-n5c(-c6ccccc6)ccc5-c5ccccc5)cc(-c5ccc(-c6cc7ccccc7c7ccccc67)cc5)c4cc3c2)=C1. The number of benzene rings is 14. The molecule has 1 aliphatic rings. The first-order chi connectivity index (χ1) is 43.6. The lowest BCUT2D eigenvalue weighted by molar-refractivity contribution is 0.998. The molecule has 0 aliphatic heterocycles. The number of nitrogens with zero attached hydrogens (tertiary/aromatic N) is 2. The molecule has 16 aromatic rings. The van der Waals surface area contributed by atoms with Crippen molar-refractivity contribution >= 4 is 70.2 Å². The molecule has 0 spiro atoms. The van der Waals surface area contributed by atoms with E-state index in [4.69, 9.17) is 0 Å². The van der Waals surface area contributed by atoms with E-state index in [0.717, 1.165) is 68.9 Å². The molecule has 412 valence electrons. The van der Waals surface area contributed by atoms with Crippen LogP contribution in [0.4, 0.5) is 0 Å². The van der Waals surface area contributed by atoms with Gasteiger partial charge in [0.1, 0.15) is 0 Å². The summed E-state index contributed by atoms with van der Waals surface area (Å²) >= 11 is 0. The Hall–Kier alpha value is -11.3. The van der Waals surface area contributed by atoms with Gasteiger partial charge >= 0.3 is 0 Å². The van der Waals surface area contributed by atoms with E-state index >= 15 is 0 Å². The number of hydrogen-bond donors (Lipinski definition) is 0. The Morgan fingerprint density at radius 2 is 0.568 bits per heavy atom. The molecule has 0 radical (unpaired) electrons. The van der Waals surface area contributed by atoms with E-state index in [1.54, 1.807) is 0 Å². The van der Waals surface area contributed by atoms with E-state index in [-0.39, 0.29) is 0 Å². The third kappa shape index (κ3) is 8.80. The van der Waals surface area contributed by atoms with Crippen LogP contribution in [0.15, 0.2) is 328 Å². The molecule has 14 aromatic carbocycles. The van der Waals surface area contributed by atoms with Gasteiger partial charge in [-0.15, -0.1) is 0 Å². The van der Waals surface area contributed by atoms with Crippen molar-refractivity contribution in [3.05, 3.63) is 333 Å². The fourth-order valence-corrected chi connectivity index (χ4v) is 14.2. The summed E-state index contributed by atoms with van der Waals surface area (Å²) in [6, 6.07) is 115. The predicted octanol–water partition coefficient (Wildman–Crippen LogP) is 23.6. The largest absolute Gasteiger partial charge is 0.310 e. The topological polar surface area (TPSA) is 9.86 Å². The van der Waals surface area contributed by atoms with Gasteiger partial charge in [0.05, 0.1) is 17.1 Å². The molecule has 2 nitrogen and oxygen atoms in total. The van der Waals surface area contributed by atoms with Gasteiger partial charge in [-0.2, -0.15) is 0 Å². The molecule has 0 amide bonds. The molecule has 2 heteroatoms. The van der Waals surface area contributed by atoms with Crippen LogP contribution < -0.4 is 0 Å². The van der Waals surface area contributed by atoms with Gasteiger partial charge in [0, 0.05) is 17.1 Å². The highest BCUT2D eigenvalue weighted by atomic mass is 15.0. The second-order valence-corrected chi connectivity index (χ2v) is 23.5. The Morgan fingerprint density at radius 3 is 0.966 bits per heavy atom. The van der Waals surface area contributed by atoms with Crippen LogP contribution >= 0.6 is 0 Å². The summed E-state index contributed by atoms with van der Waals surface area (Å²) in [5.74, 6) is 0. The first kappa shape index (κ1) is 51.1. The van der Waals surface area contributed by atoms with Gasteiger partial charge in [0.25, 0.3) is 0 Å². The molecule has 0 N–H and O–H groups in total. The Bertz CT molecular complexity index is 5390. The van der Waals surface area contributed by atoms with Crippen LogP contribution in [0, 0.1) is 0 Å². The van der Waals surface area contributed by atoms with Gasteiger partial charge in [-0.1, -0.05) is 255 Å². The molecule has 0 saturated heterocycles. The zero-order chi connectivity index (χ0) is 58.1. The molecule has 1 aliphatic carbocycles. The second-order valence-electron chi connectivity index (χ2n) is 23.5. The molecule has 0 saturated carbocycles. The van der Waals surface area contributed by atoms with Crippen LogP contribution in [0.25, 0.3) is 160 Å². The minimum atomic E-state index is 0.978. The second kappa shape index (κ2) is 21.3. The molecule has 2 heterocycles. The van der Waals surface area contributed by atoms with E-state index in [9.17, 15) is 0 Å². The van der Waals surface area contributed by atoms with Gasteiger partial charge in [0.15, 0.2) is 0 Å². The quantitative estimate of drug-likeness (QED) is 0.0954. The molecular weight excluding hydrogens is 1060 g/mol. The zero-order valence-corrected chi connectivity index (χ0v) is 48.5. The van der Waals surface area contributed by atoms with Crippen LogP contribution in [-0.4, -0.2) is 9.13 Å². The number of allylic oxidation sites excluding steroid dienone is 4. The van der Waals surface area contributed by atoms with E-state index in [1.165, 1.54) is 109 Å². The summed E-state index contributed by atoms with van der Waals surface area (Å²) in [5.41, 5.74) is 21.2. The van der Waals surface area contributed by atoms with Gasteiger partial charge in [-0.25, -0.2) is 0 Å². The minimum absolute atomic E-state index is 0.978. The molecule has 0 unspecified atom stereocenters. The van der Waals surface area contributed by atoms with Crippen molar-refractivity contribution in [3.8, 4) is 89.7 Å². The molecule has 88 heavy (non-hydrogen) atoms. The standard InChI is InChI=1S/C86H58N2/c1-5-21-61(22-6-1)83-45-46-84(62-23-7-2-8-24-62)87(83)69-49-67-53-80-68(54-79(67)81(55-69)59-41-37-57(38-42-59)77-51-65-29-13-15-31-71(65)73-33-17-19-35-75(73)77)50-70(88-85(63-25-9-3-10-26-63)47-48-86(88)64-27-11-4-12-28-64)56-82(80)60-43-39-58(40-44-60)78-52-66-30-14-16-32-72(66)74-34-18-20-36-76(74)78/h1-11,13-27,29-56H,12,28H2. The summed E-state index contributed by atoms with van der Waals surface area (Å²) in [6.45, 7) is 0. The molecule has 17 rings (SSSR count). The normalized spacial score (nSPS) is 12.5. The van der Waals surface area contributed by atoms with Gasteiger partial charge < -0.3 is 9.13 Å². The number of aromatic nitrogens is 2. The van der Waals surface area contributed by atoms with Crippen molar-refractivity contribution in [1.29, 1.82) is 0 Å². The average molecular weight is 1120 g/mol. The molecule has 0 atom stereocenters. The zero-order valence-electron chi connectivity index (χ0n) is 48.5. The van der Waals surface area contributed by atoms with Crippen molar-refractivity contribution < 1.29 is 0 Å². The van der Waals surface area contributed by atoms with Gasteiger partial charge in [-0.05, 0) is 217 Å². The predicted molar refractivity (Wildman–Crippen MR) is 375 cm³/mol. The first-order valence-electron chi connectivity index (χ1n) is 30.7. The van der Waals surface area contributed by atoms with Crippen molar-refractivity contribution in [3.63, 3.8) is 0 Å². The van der Waals surface area contributed by atoms with Crippen molar-refractivity contribution in [2.75, 3.05) is 0 Å². The lowest BCUT2D eigenvalue weighted by Gasteiger charge is -2.21. The highest BCUT2D eigenvalue weighted by molar-refractivity contribution is 6.16. The van der Waals surface area contributed by atoms with E-state index in [0.29, 0.717) is 0 Å². The van der Waals surface area contributed by atoms with E-state index < -0.39 is 0 Å². The van der Waals surface area contributed by atoms with Crippen molar-refractivity contribution in [2.24, 2.45) is 0 Å². The van der Waals surface area contributed by atoms with E-state index in [1.807, 2.05) is 0 Å². The van der Waals surface area contributed by atoms with E-state index in [2.05, 4.69) is 337 Å². The monoisotopic (exact) mass is 1120 g/mol. The molecule has 0 bridgehead atoms. The van der Waals surface area contributed by atoms with Crippen LogP contribution in [0.3, 0.4) is 0 Å². The Morgan fingerprint density at radius 1 is 0.227 bits per heavy atom. The Balaban J connectivity index is 0.926. The van der Waals surface area contributed by atoms with Crippen LogP contribution in [0.1, 0.15) is 18.5 Å². The van der Waals surface area contributed by atoms with Crippen LogP contribution in [-0.2, 0) is 0 Å². The molecule has 2 aromatic heterocycles. The summed E-state index contributed by atoms with van der Waals surface area (Å²) in [4.78, 5) is 0. The first-order valence-corrected chi connectivity index (χ1v) is 30.7. The van der Waals surface area contributed by atoms with Crippen LogP contribution in [0.2, 0.25) is 0 Å². The smallest absolute Gasteiger partial charge is 0.0535 e. The summed E-state index contributed by atoms with van der Waals surface area (Å²) in [7, 11) is 0. The van der Waals surface area contributed by atoms with Crippen molar-refractivity contribution in [2.45, 2.75) is 12.8 Å². The molecular formula is C86H58N2. The fraction of sp³-hybridized carbons (Fsp3) is 0.0233. The third-order valence-electron chi connectivity index (χ3n) is 18.4. The average Bonchev–Trinajstić information content (AvgIpc) is 2.64. The fourth-order valence-electron chi connectivity index (χ4n) is 14.2.